The number of aryl methyl sites for hydroxylation is 2. The second-order valence-corrected chi connectivity index (χ2v) is 3.70. The normalized spacial score (nSPS) is 11.1. The van der Waals surface area contributed by atoms with Crippen LogP contribution in [-0.2, 0) is 6.54 Å². The molecule has 0 spiro atoms. The van der Waals surface area contributed by atoms with E-state index < -0.39 is 0 Å². The van der Waals surface area contributed by atoms with Crippen molar-refractivity contribution in [3.05, 3.63) is 12.2 Å². The average molecular weight is 221 g/mol. The summed E-state index contributed by atoms with van der Waals surface area (Å²) in [5.41, 5.74) is 7.17. The van der Waals surface area contributed by atoms with Gasteiger partial charge in [0.05, 0.1) is 6.33 Å². The fourth-order valence-corrected chi connectivity index (χ4v) is 1.64. The maximum absolute atomic E-state index is 8.73. The van der Waals surface area contributed by atoms with E-state index in [0.29, 0.717) is 17.2 Å². The van der Waals surface area contributed by atoms with Gasteiger partial charge in [-0.1, -0.05) is 0 Å². The Morgan fingerprint density at radius 1 is 1.38 bits per heavy atom. The molecular formula is C10H15N5O. The van der Waals surface area contributed by atoms with Crippen molar-refractivity contribution in [2.45, 2.75) is 26.3 Å². The first-order valence-electron chi connectivity index (χ1n) is 5.28. The number of hydrogen-bond donors (Lipinski definition) is 2. The fourth-order valence-electron chi connectivity index (χ4n) is 1.64. The van der Waals surface area contributed by atoms with Gasteiger partial charge in [0.15, 0.2) is 11.5 Å². The molecule has 2 aromatic heterocycles. The number of nitrogen functional groups attached to an aromatic ring is 1. The molecule has 0 unspecified atom stereocenters. The largest absolute Gasteiger partial charge is 0.396 e. The van der Waals surface area contributed by atoms with E-state index >= 15 is 0 Å². The summed E-state index contributed by atoms with van der Waals surface area (Å²) in [6.45, 7) is 2.80. The van der Waals surface area contributed by atoms with Crippen LogP contribution < -0.4 is 5.73 Å². The predicted molar refractivity (Wildman–Crippen MR) is 60.8 cm³/mol. The number of aliphatic hydroxyl groups excluding tert-OH is 1. The topological polar surface area (TPSA) is 89.8 Å². The Morgan fingerprint density at radius 2 is 2.19 bits per heavy atom. The molecule has 6 heteroatoms. The van der Waals surface area contributed by atoms with Crippen molar-refractivity contribution >= 4 is 17.0 Å². The van der Waals surface area contributed by atoms with E-state index in [1.165, 1.54) is 0 Å². The number of unbranched alkanes of at least 4 members (excludes halogenated alkanes) is 1. The van der Waals surface area contributed by atoms with Crippen LogP contribution >= 0.6 is 0 Å². The number of imidazole rings is 1. The second-order valence-electron chi connectivity index (χ2n) is 3.70. The van der Waals surface area contributed by atoms with Crippen molar-refractivity contribution < 1.29 is 5.11 Å². The molecule has 0 radical (unpaired) electrons. The number of fused-ring (bicyclic) bond motifs is 1. The molecule has 0 fully saturated rings. The van der Waals surface area contributed by atoms with Crippen LogP contribution in [0.3, 0.4) is 0 Å². The Labute approximate surface area is 93.1 Å². The van der Waals surface area contributed by atoms with Crippen LogP contribution in [0.4, 0.5) is 5.82 Å². The smallest absolute Gasteiger partial charge is 0.165 e. The van der Waals surface area contributed by atoms with Crippen LogP contribution in [0, 0.1) is 6.92 Å². The Bertz CT molecular complexity index is 493. The Morgan fingerprint density at radius 3 is 2.94 bits per heavy atom. The predicted octanol–water partition coefficient (Wildman–Crippen LogP) is 0.489. The first kappa shape index (κ1) is 10.8. The highest BCUT2D eigenvalue weighted by atomic mass is 16.2. The lowest BCUT2D eigenvalue weighted by Crippen LogP contribution is -2.02. The second kappa shape index (κ2) is 4.44. The van der Waals surface area contributed by atoms with E-state index in [1.54, 1.807) is 13.3 Å². The molecule has 0 aliphatic heterocycles. The molecule has 0 bridgehead atoms. The lowest BCUT2D eigenvalue weighted by Gasteiger charge is -2.03. The highest BCUT2D eigenvalue weighted by molar-refractivity contribution is 5.81. The highest BCUT2D eigenvalue weighted by Crippen LogP contribution is 2.16. The van der Waals surface area contributed by atoms with Crippen molar-refractivity contribution in [2.75, 3.05) is 12.3 Å². The van der Waals surface area contributed by atoms with E-state index in [1.807, 2.05) is 4.57 Å². The van der Waals surface area contributed by atoms with Crippen LogP contribution in [0.15, 0.2) is 6.33 Å². The van der Waals surface area contributed by atoms with Gasteiger partial charge in [-0.2, -0.15) is 0 Å². The van der Waals surface area contributed by atoms with Gasteiger partial charge >= 0.3 is 0 Å². The average Bonchev–Trinajstić information content (AvgIpc) is 2.62. The van der Waals surface area contributed by atoms with Gasteiger partial charge in [0.1, 0.15) is 11.3 Å². The maximum atomic E-state index is 8.73. The number of aliphatic hydroxyl groups is 1. The van der Waals surface area contributed by atoms with Crippen molar-refractivity contribution in [1.29, 1.82) is 0 Å². The van der Waals surface area contributed by atoms with E-state index in [0.717, 1.165) is 25.0 Å². The molecular weight excluding hydrogens is 206 g/mol. The number of nitrogens with two attached hydrogens (primary N) is 1. The molecule has 3 N–H and O–H groups in total. The molecule has 2 heterocycles. The van der Waals surface area contributed by atoms with Crippen LogP contribution in [-0.4, -0.2) is 31.2 Å². The van der Waals surface area contributed by atoms with Gasteiger partial charge in [-0.15, -0.1) is 0 Å². The number of rotatable bonds is 4. The first-order chi connectivity index (χ1) is 7.72. The van der Waals surface area contributed by atoms with Gasteiger partial charge in [-0.25, -0.2) is 15.0 Å². The SMILES string of the molecule is Cc1nc(N)c2ncn(CCCCO)c2n1. The summed E-state index contributed by atoms with van der Waals surface area (Å²) < 4.78 is 1.94. The monoisotopic (exact) mass is 221 g/mol. The van der Waals surface area contributed by atoms with Gasteiger partial charge < -0.3 is 15.4 Å². The first-order valence-corrected chi connectivity index (χ1v) is 5.28. The minimum atomic E-state index is 0.211. The molecule has 0 aromatic carbocycles. The van der Waals surface area contributed by atoms with Crippen molar-refractivity contribution in [2.24, 2.45) is 0 Å². The summed E-state index contributed by atoms with van der Waals surface area (Å²) in [5.74, 6) is 1.07. The highest BCUT2D eigenvalue weighted by Gasteiger charge is 2.08. The zero-order valence-corrected chi connectivity index (χ0v) is 9.22. The van der Waals surface area contributed by atoms with Crippen molar-refractivity contribution in [3.63, 3.8) is 0 Å². The van der Waals surface area contributed by atoms with Crippen LogP contribution in [0.5, 0.6) is 0 Å². The van der Waals surface area contributed by atoms with Gasteiger partial charge in [0.2, 0.25) is 0 Å². The van der Waals surface area contributed by atoms with Gasteiger partial charge in [-0.05, 0) is 19.8 Å². The zero-order valence-electron chi connectivity index (χ0n) is 9.22. The molecule has 2 rings (SSSR count). The minimum absolute atomic E-state index is 0.211. The number of aromatic nitrogens is 4. The Kier molecular flexibility index (Phi) is 3.00. The number of hydrogen-bond acceptors (Lipinski definition) is 5. The molecule has 0 amide bonds. The maximum Gasteiger partial charge on any atom is 0.165 e. The molecule has 0 aliphatic carbocycles. The van der Waals surface area contributed by atoms with E-state index in [9.17, 15) is 0 Å². The molecule has 0 aliphatic rings. The van der Waals surface area contributed by atoms with Gasteiger partial charge in [0, 0.05) is 13.2 Å². The molecule has 6 nitrogen and oxygen atoms in total. The summed E-state index contributed by atoms with van der Waals surface area (Å²) in [7, 11) is 0. The molecule has 16 heavy (non-hydrogen) atoms. The van der Waals surface area contributed by atoms with E-state index in [-0.39, 0.29) is 6.61 Å². The summed E-state index contributed by atoms with van der Waals surface area (Å²) in [5, 5.41) is 8.73. The van der Waals surface area contributed by atoms with E-state index in [2.05, 4.69) is 15.0 Å². The Hall–Kier alpha value is -1.69. The fraction of sp³-hybridized carbons (Fsp3) is 0.500. The standard InChI is InChI=1S/C10H15N5O/c1-7-13-9(11)8-10(14-7)15(6-12-8)4-2-3-5-16/h6,16H,2-5H2,1H3,(H2,11,13,14). The summed E-state index contributed by atoms with van der Waals surface area (Å²) in [6, 6.07) is 0. The summed E-state index contributed by atoms with van der Waals surface area (Å²) in [6.07, 6.45) is 3.39. The molecule has 0 saturated heterocycles. The van der Waals surface area contributed by atoms with E-state index in [4.69, 9.17) is 10.8 Å². The van der Waals surface area contributed by atoms with Crippen molar-refractivity contribution in [1.82, 2.24) is 19.5 Å². The molecule has 86 valence electrons. The van der Waals surface area contributed by atoms with Gasteiger partial charge in [-0.3, -0.25) is 0 Å². The summed E-state index contributed by atoms with van der Waals surface area (Å²) >= 11 is 0. The molecule has 2 aromatic rings. The van der Waals surface area contributed by atoms with Crippen LogP contribution in [0.2, 0.25) is 0 Å². The number of nitrogens with zero attached hydrogens (tertiary/aromatic N) is 4. The third kappa shape index (κ3) is 1.96. The lowest BCUT2D eigenvalue weighted by molar-refractivity contribution is 0.281. The van der Waals surface area contributed by atoms with Crippen LogP contribution in [0.25, 0.3) is 11.2 Å². The third-order valence-corrected chi connectivity index (χ3v) is 2.41. The van der Waals surface area contributed by atoms with Crippen LogP contribution in [0.1, 0.15) is 18.7 Å². The Balaban J connectivity index is 2.32. The van der Waals surface area contributed by atoms with Crippen molar-refractivity contribution in [3.8, 4) is 0 Å². The van der Waals surface area contributed by atoms with Gasteiger partial charge in [0.25, 0.3) is 0 Å². The quantitative estimate of drug-likeness (QED) is 0.733. The zero-order chi connectivity index (χ0) is 11.5. The molecule has 0 atom stereocenters. The minimum Gasteiger partial charge on any atom is -0.396 e. The lowest BCUT2D eigenvalue weighted by atomic mass is 10.3. The third-order valence-electron chi connectivity index (χ3n) is 2.41. The number of anilines is 1. The summed E-state index contributed by atoms with van der Waals surface area (Å²) in [4.78, 5) is 12.6. The molecule has 0 saturated carbocycles.